The molecule has 1 aliphatic heterocycles. The summed E-state index contributed by atoms with van der Waals surface area (Å²) in [7, 11) is 0. The lowest BCUT2D eigenvalue weighted by atomic mass is 10.2. The summed E-state index contributed by atoms with van der Waals surface area (Å²) in [4.78, 5) is 14.3. The second-order valence-corrected chi connectivity index (χ2v) is 3.50. The van der Waals surface area contributed by atoms with Crippen molar-refractivity contribution in [3.63, 3.8) is 0 Å². The number of amides is 1. The molecule has 0 aromatic heterocycles. The Hall–Kier alpha value is -1.03. The molecule has 13 heavy (non-hydrogen) atoms. The van der Waals surface area contributed by atoms with Gasteiger partial charge in [0.05, 0.1) is 0 Å². The second-order valence-electron chi connectivity index (χ2n) is 3.50. The van der Waals surface area contributed by atoms with Gasteiger partial charge in [-0.05, 0) is 6.92 Å². The first-order valence-electron chi connectivity index (χ1n) is 4.44. The van der Waals surface area contributed by atoms with Crippen LogP contribution < -0.4 is 0 Å². The van der Waals surface area contributed by atoms with Gasteiger partial charge in [-0.2, -0.15) is 0 Å². The fraction of sp³-hybridized carbons (Fsp3) is 0.667. The Morgan fingerprint density at radius 1 is 1.38 bits per heavy atom. The smallest absolute Gasteiger partial charge is 0.407 e. The zero-order valence-corrected chi connectivity index (χ0v) is 7.99. The van der Waals surface area contributed by atoms with Gasteiger partial charge in [0.1, 0.15) is 0 Å². The monoisotopic (exact) mass is 184 g/mol. The van der Waals surface area contributed by atoms with E-state index in [4.69, 9.17) is 5.11 Å². The Bertz CT molecular complexity index is 208. The van der Waals surface area contributed by atoms with Crippen LogP contribution in [0.25, 0.3) is 0 Å². The highest BCUT2D eigenvalue weighted by Crippen LogP contribution is 2.03. The maximum Gasteiger partial charge on any atom is 0.407 e. The Labute approximate surface area is 78.4 Å². The highest BCUT2D eigenvalue weighted by Gasteiger charge is 2.19. The molecule has 0 bridgehead atoms. The van der Waals surface area contributed by atoms with Crippen molar-refractivity contribution in [3.05, 3.63) is 12.2 Å². The van der Waals surface area contributed by atoms with Crippen molar-refractivity contribution in [1.82, 2.24) is 9.80 Å². The molecular weight excluding hydrogens is 168 g/mol. The predicted octanol–water partition coefficient (Wildman–Crippen LogP) is 0.858. The number of carbonyl (C=O) groups is 1. The van der Waals surface area contributed by atoms with Crippen molar-refractivity contribution in [2.75, 3.05) is 32.7 Å². The first-order valence-corrected chi connectivity index (χ1v) is 4.44. The Balaban J connectivity index is 2.30. The van der Waals surface area contributed by atoms with Crippen molar-refractivity contribution < 1.29 is 9.90 Å². The van der Waals surface area contributed by atoms with Gasteiger partial charge >= 0.3 is 6.09 Å². The normalized spacial score (nSPS) is 18.7. The standard InChI is InChI=1S/C9H16N2O2/c1-8(2)7-10-3-5-11(6-4-10)9(12)13/h1,3-7H2,2H3,(H,12,13). The van der Waals surface area contributed by atoms with Gasteiger partial charge in [0, 0.05) is 32.7 Å². The minimum absolute atomic E-state index is 0.614. The maximum atomic E-state index is 10.6. The molecule has 1 fully saturated rings. The minimum Gasteiger partial charge on any atom is -0.465 e. The van der Waals surface area contributed by atoms with Crippen molar-refractivity contribution in [2.45, 2.75) is 6.92 Å². The van der Waals surface area contributed by atoms with Crippen LogP contribution in [-0.4, -0.2) is 53.7 Å². The van der Waals surface area contributed by atoms with Crippen LogP contribution in [0.1, 0.15) is 6.92 Å². The van der Waals surface area contributed by atoms with Gasteiger partial charge in [-0.15, -0.1) is 0 Å². The summed E-state index contributed by atoms with van der Waals surface area (Å²) in [6, 6.07) is 0. The van der Waals surface area contributed by atoms with Crippen LogP contribution in [-0.2, 0) is 0 Å². The van der Waals surface area contributed by atoms with Crippen molar-refractivity contribution in [2.24, 2.45) is 0 Å². The zero-order valence-electron chi connectivity index (χ0n) is 7.99. The van der Waals surface area contributed by atoms with E-state index in [2.05, 4.69) is 11.5 Å². The molecule has 1 rings (SSSR count). The molecule has 1 saturated heterocycles. The van der Waals surface area contributed by atoms with E-state index in [1.165, 1.54) is 4.90 Å². The number of piperazine rings is 1. The summed E-state index contributed by atoms with van der Waals surface area (Å²) < 4.78 is 0. The Kier molecular flexibility index (Phi) is 3.31. The third-order valence-electron chi connectivity index (χ3n) is 2.14. The van der Waals surface area contributed by atoms with Crippen molar-refractivity contribution >= 4 is 6.09 Å². The predicted molar refractivity (Wildman–Crippen MR) is 50.9 cm³/mol. The number of rotatable bonds is 2. The van der Waals surface area contributed by atoms with E-state index in [0.717, 1.165) is 25.2 Å². The first kappa shape index (κ1) is 10.1. The molecule has 4 nitrogen and oxygen atoms in total. The van der Waals surface area contributed by atoms with E-state index >= 15 is 0 Å². The third-order valence-corrected chi connectivity index (χ3v) is 2.14. The second kappa shape index (κ2) is 4.28. The number of hydrogen-bond donors (Lipinski definition) is 1. The Morgan fingerprint density at radius 3 is 2.31 bits per heavy atom. The molecule has 0 aromatic carbocycles. The van der Waals surface area contributed by atoms with Gasteiger partial charge < -0.3 is 10.0 Å². The molecule has 0 saturated carbocycles. The maximum absolute atomic E-state index is 10.6. The molecule has 1 amide bonds. The molecular formula is C9H16N2O2. The van der Waals surface area contributed by atoms with E-state index in [9.17, 15) is 4.79 Å². The lowest BCUT2D eigenvalue weighted by molar-refractivity contribution is 0.109. The number of hydrogen-bond acceptors (Lipinski definition) is 2. The van der Waals surface area contributed by atoms with E-state index in [1.807, 2.05) is 6.92 Å². The van der Waals surface area contributed by atoms with E-state index in [0.29, 0.717) is 13.1 Å². The lowest BCUT2D eigenvalue weighted by Crippen LogP contribution is -2.48. The molecule has 0 spiro atoms. The first-order chi connectivity index (χ1) is 6.09. The number of carboxylic acid groups (broad SMARTS) is 1. The summed E-state index contributed by atoms with van der Waals surface area (Å²) in [5.41, 5.74) is 1.13. The van der Waals surface area contributed by atoms with Gasteiger partial charge in [-0.25, -0.2) is 4.79 Å². The average Bonchev–Trinajstić information content (AvgIpc) is 2.04. The summed E-state index contributed by atoms with van der Waals surface area (Å²) >= 11 is 0. The van der Waals surface area contributed by atoms with Crippen molar-refractivity contribution in [3.8, 4) is 0 Å². The van der Waals surface area contributed by atoms with Gasteiger partial charge in [0.25, 0.3) is 0 Å². The molecule has 74 valence electrons. The highest BCUT2D eigenvalue weighted by molar-refractivity contribution is 5.65. The molecule has 4 heteroatoms. The molecule has 0 atom stereocenters. The fourth-order valence-electron chi connectivity index (χ4n) is 1.48. The van der Waals surface area contributed by atoms with Crippen molar-refractivity contribution in [1.29, 1.82) is 0 Å². The molecule has 1 N–H and O–H groups in total. The Morgan fingerprint density at radius 2 is 1.92 bits per heavy atom. The molecule has 0 unspecified atom stereocenters. The van der Waals surface area contributed by atoms with E-state index in [-0.39, 0.29) is 0 Å². The molecule has 0 aliphatic carbocycles. The molecule has 1 heterocycles. The topological polar surface area (TPSA) is 43.8 Å². The quantitative estimate of drug-likeness (QED) is 0.647. The van der Waals surface area contributed by atoms with Crippen LogP contribution in [0.15, 0.2) is 12.2 Å². The van der Waals surface area contributed by atoms with Crippen LogP contribution in [0.3, 0.4) is 0 Å². The van der Waals surface area contributed by atoms with Crippen LogP contribution in [0.5, 0.6) is 0 Å². The van der Waals surface area contributed by atoms with E-state index < -0.39 is 6.09 Å². The zero-order chi connectivity index (χ0) is 9.84. The molecule has 1 aliphatic rings. The lowest BCUT2D eigenvalue weighted by Gasteiger charge is -2.33. The summed E-state index contributed by atoms with van der Waals surface area (Å²) in [6.07, 6.45) is -0.810. The van der Waals surface area contributed by atoms with Gasteiger partial charge in [0.2, 0.25) is 0 Å². The van der Waals surface area contributed by atoms with Gasteiger partial charge in [-0.1, -0.05) is 12.2 Å². The van der Waals surface area contributed by atoms with Gasteiger partial charge in [0.15, 0.2) is 0 Å². The van der Waals surface area contributed by atoms with Gasteiger partial charge in [-0.3, -0.25) is 4.90 Å². The summed E-state index contributed by atoms with van der Waals surface area (Å²) in [6.45, 7) is 9.57. The summed E-state index contributed by atoms with van der Waals surface area (Å²) in [5.74, 6) is 0. The third kappa shape index (κ3) is 3.06. The minimum atomic E-state index is -0.810. The molecule has 0 aromatic rings. The van der Waals surface area contributed by atoms with Crippen LogP contribution in [0, 0.1) is 0 Å². The van der Waals surface area contributed by atoms with Crippen LogP contribution in [0.2, 0.25) is 0 Å². The fourth-order valence-corrected chi connectivity index (χ4v) is 1.48. The van der Waals surface area contributed by atoms with E-state index in [1.54, 1.807) is 0 Å². The largest absolute Gasteiger partial charge is 0.465 e. The van der Waals surface area contributed by atoms with Crippen LogP contribution >= 0.6 is 0 Å². The van der Waals surface area contributed by atoms with Crippen LogP contribution in [0.4, 0.5) is 4.79 Å². The SMILES string of the molecule is C=C(C)CN1CCN(C(=O)O)CC1. The summed E-state index contributed by atoms with van der Waals surface area (Å²) in [5, 5.41) is 8.70. The average molecular weight is 184 g/mol. The molecule has 0 radical (unpaired) electrons. The highest BCUT2D eigenvalue weighted by atomic mass is 16.4. The number of nitrogens with zero attached hydrogens (tertiary/aromatic N) is 2.